The molecule has 4 saturated carbocycles. The Morgan fingerprint density at radius 3 is 2.46 bits per heavy atom. The normalized spacial score (nSPS) is 40.5. The summed E-state index contributed by atoms with van der Waals surface area (Å²) in [6, 6.07) is 4.15. The van der Waals surface area contributed by atoms with Gasteiger partial charge in [-0.3, -0.25) is 9.78 Å². The molecule has 0 bridgehead atoms. The maximum Gasteiger partial charge on any atom is 0.222 e. The first-order valence-corrected chi connectivity index (χ1v) is 15.8. The average molecular weight is 506 g/mol. The van der Waals surface area contributed by atoms with Gasteiger partial charge in [-0.15, -0.1) is 0 Å². The summed E-state index contributed by atoms with van der Waals surface area (Å²) in [5, 5.41) is 0. The molecule has 4 aliphatic carbocycles. The lowest BCUT2D eigenvalue weighted by Gasteiger charge is -2.61. The van der Waals surface area contributed by atoms with Gasteiger partial charge in [0.05, 0.1) is 0 Å². The maximum atomic E-state index is 13.2. The maximum absolute atomic E-state index is 13.2. The predicted octanol–water partition coefficient (Wildman–Crippen LogP) is 7.20. The van der Waals surface area contributed by atoms with E-state index in [2.05, 4.69) is 47.7 Å². The molecule has 5 unspecified atom stereocenters. The van der Waals surface area contributed by atoms with Crippen LogP contribution in [0.2, 0.25) is 0 Å². The molecule has 0 N–H and O–H groups in total. The molecular formula is C33H51N3O. The number of aromatic nitrogens is 1. The van der Waals surface area contributed by atoms with Gasteiger partial charge in [-0.25, -0.2) is 0 Å². The van der Waals surface area contributed by atoms with E-state index in [1.54, 1.807) is 0 Å². The number of hydrogen-bond acceptors (Lipinski definition) is 3. The van der Waals surface area contributed by atoms with Crippen molar-refractivity contribution in [2.75, 3.05) is 31.1 Å². The van der Waals surface area contributed by atoms with Gasteiger partial charge in [0.2, 0.25) is 5.91 Å². The van der Waals surface area contributed by atoms with E-state index < -0.39 is 0 Å². The minimum atomic E-state index is 0.383. The molecule has 6 rings (SSSR count). The van der Waals surface area contributed by atoms with Crippen LogP contribution in [-0.2, 0) is 4.79 Å². The predicted molar refractivity (Wildman–Crippen MR) is 151 cm³/mol. The van der Waals surface area contributed by atoms with E-state index in [1.807, 2.05) is 12.4 Å². The summed E-state index contributed by atoms with van der Waals surface area (Å²) in [6.45, 7) is 11.4. The van der Waals surface area contributed by atoms with E-state index in [1.165, 1.54) is 69.9 Å². The van der Waals surface area contributed by atoms with E-state index in [0.717, 1.165) is 68.6 Å². The average Bonchev–Trinajstić information content (AvgIpc) is 3.29. The lowest BCUT2D eigenvalue weighted by molar-refractivity contribution is -0.132. The summed E-state index contributed by atoms with van der Waals surface area (Å²) in [5.41, 5.74) is 2.37. The van der Waals surface area contributed by atoms with Crippen LogP contribution in [0.25, 0.3) is 0 Å². The lowest BCUT2D eigenvalue weighted by Crippen LogP contribution is -2.53. The summed E-state index contributed by atoms with van der Waals surface area (Å²) >= 11 is 0. The highest BCUT2D eigenvalue weighted by atomic mass is 16.2. The van der Waals surface area contributed by atoms with Gasteiger partial charge in [0.15, 0.2) is 0 Å². The van der Waals surface area contributed by atoms with Crippen molar-refractivity contribution in [3.05, 3.63) is 24.5 Å². The summed E-state index contributed by atoms with van der Waals surface area (Å²) < 4.78 is 0. The molecule has 1 aromatic heterocycles. The van der Waals surface area contributed by atoms with E-state index in [-0.39, 0.29) is 0 Å². The molecular weight excluding hydrogens is 454 g/mol. The molecule has 5 aliphatic rings. The second-order valence-corrected chi connectivity index (χ2v) is 14.2. The molecule has 1 aliphatic heterocycles. The Hall–Kier alpha value is -1.58. The van der Waals surface area contributed by atoms with Gasteiger partial charge < -0.3 is 9.80 Å². The standard InChI is InChI=1S/C33H51N3O/c1-24(7-12-31(37)36-22-20-35(21-23-36)26-14-18-34-19-15-26)28-10-11-29-27-9-8-25-6-4-5-16-32(25,2)30(27)13-17-33(28,29)3/h14-15,18-19,24-25,27-30H,4-13,16-17,20-23H2,1-3H3/t24-,25?,27?,28?,29?,30?,32+,33-/m1/s1. The van der Waals surface area contributed by atoms with Crippen LogP contribution in [0.15, 0.2) is 24.5 Å². The topological polar surface area (TPSA) is 36.4 Å². The van der Waals surface area contributed by atoms with Crippen molar-refractivity contribution in [2.45, 2.75) is 97.8 Å². The minimum Gasteiger partial charge on any atom is -0.368 e. The van der Waals surface area contributed by atoms with Crippen LogP contribution < -0.4 is 4.90 Å². The smallest absolute Gasteiger partial charge is 0.222 e. The van der Waals surface area contributed by atoms with Gasteiger partial charge in [-0.05, 0) is 116 Å². The van der Waals surface area contributed by atoms with Crippen LogP contribution >= 0.6 is 0 Å². The summed E-state index contributed by atoms with van der Waals surface area (Å²) in [6.07, 6.45) is 20.3. The number of pyridine rings is 1. The highest BCUT2D eigenvalue weighted by molar-refractivity contribution is 5.76. The van der Waals surface area contributed by atoms with Crippen molar-refractivity contribution in [1.29, 1.82) is 0 Å². The Morgan fingerprint density at radius 2 is 1.68 bits per heavy atom. The van der Waals surface area contributed by atoms with Gasteiger partial charge in [-0.2, -0.15) is 0 Å². The molecule has 1 amide bonds. The number of carbonyl (C=O) groups is 1. The third kappa shape index (κ3) is 4.52. The van der Waals surface area contributed by atoms with E-state index >= 15 is 0 Å². The largest absolute Gasteiger partial charge is 0.368 e. The number of amides is 1. The Balaban J connectivity index is 1.03. The quantitative estimate of drug-likeness (QED) is 0.425. The molecule has 37 heavy (non-hydrogen) atoms. The molecule has 5 fully saturated rings. The number of anilines is 1. The molecule has 0 aromatic carbocycles. The first-order chi connectivity index (χ1) is 17.9. The summed E-state index contributed by atoms with van der Waals surface area (Å²) in [5.74, 6) is 5.78. The van der Waals surface area contributed by atoms with Crippen LogP contribution in [-0.4, -0.2) is 42.0 Å². The monoisotopic (exact) mass is 505 g/mol. The molecule has 1 saturated heterocycles. The van der Waals surface area contributed by atoms with Gasteiger partial charge in [0.25, 0.3) is 0 Å². The molecule has 4 nitrogen and oxygen atoms in total. The van der Waals surface area contributed by atoms with Crippen molar-refractivity contribution >= 4 is 11.6 Å². The number of hydrogen-bond donors (Lipinski definition) is 0. The fraction of sp³-hybridized carbons (Fsp3) is 0.818. The third-order valence-electron chi connectivity index (χ3n) is 12.8. The number of fused-ring (bicyclic) bond motifs is 5. The first-order valence-electron chi connectivity index (χ1n) is 15.8. The van der Waals surface area contributed by atoms with Gasteiger partial charge in [-0.1, -0.05) is 33.6 Å². The van der Waals surface area contributed by atoms with Gasteiger partial charge >= 0.3 is 0 Å². The van der Waals surface area contributed by atoms with Gasteiger partial charge in [0, 0.05) is 50.7 Å². The van der Waals surface area contributed by atoms with E-state index in [0.29, 0.717) is 22.7 Å². The van der Waals surface area contributed by atoms with Crippen LogP contribution in [0.5, 0.6) is 0 Å². The SMILES string of the molecule is C[C@H](CCC(=O)N1CCN(c2ccncc2)CC1)C1CCC2C3CCC4CCCC[C@]4(C)C3CC[C@@]21C. The first kappa shape index (κ1) is 25.7. The van der Waals surface area contributed by atoms with Crippen LogP contribution in [0.4, 0.5) is 5.69 Å². The number of carbonyl (C=O) groups excluding carboxylic acids is 1. The highest BCUT2D eigenvalue weighted by Crippen LogP contribution is 2.68. The second-order valence-electron chi connectivity index (χ2n) is 14.2. The number of nitrogens with zero attached hydrogens (tertiary/aromatic N) is 3. The fourth-order valence-corrected chi connectivity index (χ4v) is 10.7. The fourth-order valence-electron chi connectivity index (χ4n) is 10.7. The van der Waals surface area contributed by atoms with Gasteiger partial charge in [0.1, 0.15) is 0 Å². The molecule has 2 heterocycles. The minimum absolute atomic E-state index is 0.383. The third-order valence-corrected chi connectivity index (χ3v) is 12.8. The number of piperazine rings is 1. The van der Waals surface area contributed by atoms with Crippen molar-refractivity contribution in [3.8, 4) is 0 Å². The zero-order chi connectivity index (χ0) is 25.6. The van der Waals surface area contributed by atoms with Crippen molar-refractivity contribution < 1.29 is 4.79 Å². The van der Waals surface area contributed by atoms with Crippen LogP contribution in [0, 0.1) is 46.3 Å². The Kier molecular flexibility index (Phi) is 7.07. The molecule has 8 atom stereocenters. The van der Waals surface area contributed by atoms with Crippen molar-refractivity contribution in [2.24, 2.45) is 46.3 Å². The van der Waals surface area contributed by atoms with E-state index in [4.69, 9.17) is 0 Å². The summed E-state index contributed by atoms with van der Waals surface area (Å²) in [7, 11) is 0. The summed E-state index contributed by atoms with van der Waals surface area (Å²) in [4.78, 5) is 21.8. The number of rotatable bonds is 5. The second kappa shape index (κ2) is 10.2. The Bertz CT molecular complexity index is 942. The lowest BCUT2D eigenvalue weighted by atomic mass is 9.44. The van der Waals surface area contributed by atoms with Crippen molar-refractivity contribution in [3.63, 3.8) is 0 Å². The van der Waals surface area contributed by atoms with Crippen LogP contribution in [0.3, 0.4) is 0 Å². The molecule has 1 aromatic rings. The molecule has 4 heteroatoms. The Morgan fingerprint density at radius 1 is 0.919 bits per heavy atom. The van der Waals surface area contributed by atoms with Crippen LogP contribution in [0.1, 0.15) is 97.8 Å². The highest BCUT2D eigenvalue weighted by Gasteiger charge is 2.60. The zero-order valence-electron chi connectivity index (χ0n) is 23.8. The molecule has 0 spiro atoms. The van der Waals surface area contributed by atoms with E-state index in [9.17, 15) is 4.79 Å². The van der Waals surface area contributed by atoms with Crippen molar-refractivity contribution in [1.82, 2.24) is 9.88 Å². The Labute approximate surface area is 226 Å². The zero-order valence-corrected chi connectivity index (χ0v) is 23.8. The molecule has 204 valence electrons. The molecule has 0 radical (unpaired) electrons.